The summed E-state index contributed by atoms with van der Waals surface area (Å²) in [5.74, 6) is -1.39. The molecule has 0 N–H and O–H groups in total. The normalized spacial score (nSPS) is 15.8. The molecule has 1 atom stereocenters. The Morgan fingerprint density at radius 1 is 1.22 bits per heavy atom. The maximum atomic E-state index is 13.3. The summed E-state index contributed by atoms with van der Waals surface area (Å²) in [5, 5.41) is 11.5. The number of hydrogen-bond acceptors (Lipinski definition) is 6. The Kier molecular flexibility index (Phi) is 6.67. The summed E-state index contributed by atoms with van der Waals surface area (Å²) in [6, 6.07) is 9.31. The monoisotopic (exact) mass is 437 g/mol. The van der Waals surface area contributed by atoms with Gasteiger partial charge in [-0.05, 0) is 31.0 Å². The smallest absolute Gasteiger partial charge is 0.332 e. The number of nitro groups is 1. The zero-order valence-electron chi connectivity index (χ0n) is 17.8. The maximum absolute atomic E-state index is 13.3. The highest BCUT2D eigenvalue weighted by molar-refractivity contribution is 6.22. The predicted octanol–water partition coefficient (Wildman–Crippen LogP) is 3.67. The van der Waals surface area contributed by atoms with E-state index in [9.17, 15) is 24.5 Å². The maximum Gasteiger partial charge on any atom is 0.332 e. The molecule has 0 saturated carbocycles. The van der Waals surface area contributed by atoms with Crippen molar-refractivity contribution >= 4 is 29.3 Å². The largest absolute Gasteiger partial charge is 0.461 e. The van der Waals surface area contributed by atoms with Gasteiger partial charge in [-0.1, -0.05) is 48.6 Å². The third-order valence-corrected chi connectivity index (χ3v) is 5.20. The molecular weight excluding hydrogens is 414 g/mol. The van der Waals surface area contributed by atoms with Crippen LogP contribution in [-0.4, -0.2) is 40.4 Å². The topological polar surface area (TPSA) is 110 Å². The fourth-order valence-electron chi connectivity index (χ4n) is 3.62. The SMILES string of the molecule is C=CCOC(=O)CC1C(=O)N(c2ccccc2[N+](=O)[O-])C(=O)N1Cc1ccc(C)cc1C. The van der Waals surface area contributed by atoms with Gasteiger partial charge in [-0.25, -0.2) is 9.69 Å². The minimum Gasteiger partial charge on any atom is -0.461 e. The van der Waals surface area contributed by atoms with E-state index in [0.717, 1.165) is 21.6 Å². The molecule has 0 spiro atoms. The summed E-state index contributed by atoms with van der Waals surface area (Å²) in [4.78, 5) is 51.7. The highest BCUT2D eigenvalue weighted by Gasteiger charge is 2.48. The molecule has 1 unspecified atom stereocenters. The van der Waals surface area contributed by atoms with Crippen LogP contribution < -0.4 is 4.90 Å². The van der Waals surface area contributed by atoms with Crippen LogP contribution >= 0.6 is 0 Å². The van der Waals surface area contributed by atoms with Crippen LogP contribution in [0.25, 0.3) is 0 Å². The number of imide groups is 1. The summed E-state index contributed by atoms with van der Waals surface area (Å²) < 4.78 is 5.00. The Bertz CT molecular complexity index is 1100. The number of carbonyl (C=O) groups excluding carboxylic acids is 3. The third-order valence-electron chi connectivity index (χ3n) is 5.20. The van der Waals surface area contributed by atoms with Gasteiger partial charge in [0.25, 0.3) is 11.6 Å². The lowest BCUT2D eigenvalue weighted by Crippen LogP contribution is -2.36. The molecule has 3 rings (SSSR count). The van der Waals surface area contributed by atoms with E-state index in [1.807, 2.05) is 32.0 Å². The minimum absolute atomic E-state index is 0.0291. The van der Waals surface area contributed by atoms with Gasteiger partial charge in [0, 0.05) is 12.6 Å². The quantitative estimate of drug-likeness (QED) is 0.205. The van der Waals surface area contributed by atoms with Crippen molar-refractivity contribution in [2.45, 2.75) is 32.9 Å². The first kappa shape index (κ1) is 22.7. The second-order valence-corrected chi connectivity index (χ2v) is 7.45. The number of anilines is 1. The Labute approximate surface area is 185 Å². The predicted molar refractivity (Wildman–Crippen MR) is 117 cm³/mol. The molecule has 166 valence electrons. The molecule has 1 aliphatic rings. The van der Waals surface area contributed by atoms with Gasteiger partial charge in [-0.3, -0.25) is 19.7 Å². The van der Waals surface area contributed by atoms with Crippen LogP contribution in [0.2, 0.25) is 0 Å². The molecule has 9 nitrogen and oxygen atoms in total. The molecule has 1 heterocycles. The first-order chi connectivity index (χ1) is 15.2. The van der Waals surface area contributed by atoms with Crippen molar-refractivity contribution in [1.82, 2.24) is 4.90 Å². The number of hydrogen-bond donors (Lipinski definition) is 0. The first-order valence-corrected chi connectivity index (χ1v) is 9.95. The number of ether oxygens (including phenoxy) is 1. The summed E-state index contributed by atoms with van der Waals surface area (Å²) in [6.07, 6.45) is 1.02. The minimum atomic E-state index is -1.15. The first-order valence-electron chi connectivity index (χ1n) is 9.95. The number of benzene rings is 2. The van der Waals surface area contributed by atoms with E-state index in [1.165, 1.54) is 35.2 Å². The number of nitro benzene ring substituents is 1. The van der Waals surface area contributed by atoms with Crippen molar-refractivity contribution in [2.75, 3.05) is 11.5 Å². The lowest BCUT2D eigenvalue weighted by Gasteiger charge is -2.22. The van der Waals surface area contributed by atoms with Gasteiger partial charge in [0.2, 0.25) is 0 Å². The molecule has 2 aromatic rings. The number of rotatable bonds is 8. The van der Waals surface area contributed by atoms with E-state index in [2.05, 4.69) is 6.58 Å². The van der Waals surface area contributed by atoms with Gasteiger partial charge in [-0.2, -0.15) is 0 Å². The number of carbonyl (C=O) groups is 3. The molecule has 2 aromatic carbocycles. The molecule has 0 bridgehead atoms. The summed E-state index contributed by atoms with van der Waals surface area (Å²) in [7, 11) is 0. The van der Waals surface area contributed by atoms with Crippen molar-refractivity contribution in [3.05, 3.63) is 81.9 Å². The van der Waals surface area contributed by atoms with Crippen molar-refractivity contribution in [3.8, 4) is 0 Å². The van der Waals surface area contributed by atoms with Crippen LogP contribution in [0.5, 0.6) is 0 Å². The third kappa shape index (κ3) is 4.51. The lowest BCUT2D eigenvalue weighted by atomic mass is 10.0. The Morgan fingerprint density at radius 3 is 2.59 bits per heavy atom. The van der Waals surface area contributed by atoms with E-state index in [1.54, 1.807) is 0 Å². The molecule has 0 aromatic heterocycles. The Morgan fingerprint density at radius 2 is 1.94 bits per heavy atom. The van der Waals surface area contributed by atoms with Crippen LogP contribution in [0.15, 0.2) is 55.1 Å². The number of para-hydroxylation sites is 2. The van der Waals surface area contributed by atoms with E-state index in [4.69, 9.17) is 4.74 Å². The van der Waals surface area contributed by atoms with Crippen LogP contribution in [0.1, 0.15) is 23.1 Å². The number of aryl methyl sites for hydroxylation is 2. The molecule has 1 saturated heterocycles. The highest BCUT2D eigenvalue weighted by Crippen LogP contribution is 2.34. The summed E-state index contributed by atoms with van der Waals surface area (Å²) in [6.45, 7) is 7.34. The molecule has 1 aliphatic heterocycles. The van der Waals surface area contributed by atoms with Crippen molar-refractivity contribution in [1.29, 1.82) is 0 Å². The van der Waals surface area contributed by atoms with Gasteiger partial charge in [0.1, 0.15) is 18.3 Å². The van der Waals surface area contributed by atoms with Gasteiger partial charge in [0.05, 0.1) is 11.3 Å². The van der Waals surface area contributed by atoms with Gasteiger partial charge in [0.15, 0.2) is 0 Å². The molecule has 0 radical (unpaired) electrons. The zero-order valence-corrected chi connectivity index (χ0v) is 17.8. The van der Waals surface area contributed by atoms with Gasteiger partial charge in [-0.15, -0.1) is 0 Å². The average molecular weight is 437 g/mol. The van der Waals surface area contributed by atoms with Crippen molar-refractivity contribution in [3.63, 3.8) is 0 Å². The second-order valence-electron chi connectivity index (χ2n) is 7.45. The van der Waals surface area contributed by atoms with E-state index >= 15 is 0 Å². The van der Waals surface area contributed by atoms with Crippen LogP contribution in [0.4, 0.5) is 16.2 Å². The fourth-order valence-corrected chi connectivity index (χ4v) is 3.62. The number of nitrogens with zero attached hydrogens (tertiary/aromatic N) is 3. The molecular formula is C23H23N3O6. The lowest BCUT2D eigenvalue weighted by molar-refractivity contribution is -0.384. The molecule has 1 fully saturated rings. The van der Waals surface area contributed by atoms with Crippen LogP contribution in [-0.2, 0) is 20.9 Å². The van der Waals surface area contributed by atoms with Crippen molar-refractivity contribution in [2.24, 2.45) is 0 Å². The molecule has 0 aliphatic carbocycles. The molecule has 32 heavy (non-hydrogen) atoms. The number of urea groups is 1. The highest BCUT2D eigenvalue weighted by atomic mass is 16.6. The van der Waals surface area contributed by atoms with Crippen LogP contribution in [0.3, 0.4) is 0 Å². The number of amides is 3. The Hall–Kier alpha value is -4.01. The number of esters is 1. The fraction of sp³-hybridized carbons (Fsp3) is 0.261. The zero-order chi connectivity index (χ0) is 23.4. The van der Waals surface area contributed by atoms with Crippen LogP contribution in [0, 0.1) is 24.0 Å². The van der Waals surface area contributed by atoms with E-state index < -0.39 is 28.9 Å². The summed E-state index contributed by atoms with van der Waals surface area (Å²) >= 11 is 0. The van der Waals surface area contributed by atoms with Gasteiger partial charge >= 0.3 is 12.0 Å². The second kappa shape index (κ2) is 9.42. The van der Waals surface area contributed by atoms with E-state index in [-0.39, 0.29) is 30.9 Å². The molecule has 9 heteroatoms. The molecule has 3 amide bonds. The van der Waals surface area contributed by atoms with Crippen molar-refractivity contribution < 1.29 is 24.0 Å². The Balaban J connectivity index is 2.00. The average Bonchev–Trinajstić information content (AvgIpc) is 2.97. The van der Waals surface area contributed by atoms with Gasteiger partial charge < -0.3 is 9.64 Å². The van der Waals surface area contributed by atoms with E-state index in [0.29, 0.717) is 0 Å². The standard InChI is InChI=1S/C23H23N3O6/c1-4-11-32-21(27)13-20-22(28)25(18-7-5-6-8-19(18)26(30)31)23(29)24(20)14-17-10-9-15(2)12-16(17)3/h4-10,12,20H,1,11,13-14H2,2-3H3. The summed E-state index contributed by atoms with van der Waals surface area (Å²) in [5.41, 5.74) is 2.24.